The van der Waals surface area contributed by atoms with Gasteiger partial charge in [-0.15, -0.1) is 0 Å². The topological polar surface area (TPSA) is 45.2 Å². The van der Waals surface area contributed by atoms with Crippen LogP contribution in [-0.4, -0.2) is 22.0 Å². The summed E-state index contributed by atoms with van der Waals surface area (Å²) in [6.45, 7) is 0.560. The van der Waals surface area contributed by atoms with E-state index in [1.807, 2.05) is 17.0 Å². The van der Waals surface area contributed by atoms with Crippen LogP contribution in [0.15, 0.2) is 42.7 Å². The number of pyridine rings is 1. The summed E-state index contributed by atoms with van der Waals surface area (Å²) in [5, 5.41) is 3.83. The number of halogens is 2. The highest BCUT2D eigenvalue weighted by Crippen LogP contribution is 2.30. The van der Waals surface area contributed by atoms with Crippen molar-refractivity contribution in [2.75, 3.05) is 5.32 Å². The molecule has 22 heavy (non-hydrogen) atoms. The minimum atomic E-state index is -0.150. The van der Waals surface area contributed by atoms with Crippen LogP contribution in [0.4, 0.5) is 10.5 Å². The molecule has 1 saturated carbocycles. The number of carbonyl (C=O) groups excluding carboxylic acids is 1. The van der Waals surface area contributed by atoms with E-state index in [1.165, 1.54) is 0 Å². The van der Waals surface area contributed by atoms with Crippen molar-refractivity contribution in [2.45, 2.75) is 25.4 Å². The Bertz CT molecular complexity index is 674. The summed E-state index contributed by atoms with van der Waals surface area (Å²) in [6, 6.07) is 9.00. The highest BCUT2D eigenvalue weighted by atomic mass is 35.5. The van der Waals surface area contributed by atoms with E-state index < -0.39 is 0 Å². The van der Waals surface area contributed by atoms with E-state index in [2.05, 4.69) is 10.3 Å². The third-order valence-electron chi connectivity index (χ3n) is 3.52. The number of hydrogen-bond acceptors (Lipinski definition) is 2. The maximum absolute atomic E-state index is 12.5. The van der Waals surface area contributed by atoms with Crippen molar-refractivity contribution >= 4 is 34.9 Å². The molecule has 1 aromatic carbocycles. The molecular formula is C16H15Cl2N3O. The van der Waals surface area contributed by atoms with Gasteiger partial charge in [0, 0.05) is 30.0 Å². The molecule has 1 aliphatic rings. The second kappa shape index (κ2) is 6.55. The monoisotopic (exact) mass is 335 g/mol. The molecule has 6 heteroatoms. The molecule has 0 spiro atoms. The van der Waals surface area contributed by atoms with Gasteiger partial charge in [0.15, 0.2) is 0 Å². The quantitative estimate of drug-likeness (QED) is 0.888. The minimum absolute atomic E-state index is 0.150. The van der Waals surface area contributed by atoms with Gasteiger partial charge in [0.1, 0.15) is 0 Å². The number of anilines is 1. The number of amides is 2. The fourth-order valence-electron chi connectivity index (χ4n) is 2.22. The van der Waals surface area contributed by atoms with Gasteiger partial charge in [-0.2, -0.15) is 0 Å². The van der Waals surface area contributed by atoms with Crippen LogP contribution in [0.3, 0.4) is 0 Å². The van der Waals surface area contributed by atoms with Gasteiger partial charge in [-0.1, -0.05) is 23.2 Å². The molecule has 0 atom stereocenters. The number of urea groups is 1. The molecule has 1 fully saturated rings. The number of hydrogen-bond donors (Lipinski definition) is 1. The van der Waals surface area contributed by atoms with E-state index in [0.717, 1.165) is 18.4 Å². The minimum Gasteiger partial charge on any atom is -0.317 e. The molecule has 3 rings (SSSR count). The molecular weight excluding hydrogens is 321 g/mol. The van der Waals surface area contributed by atoms with E-state index in [1.54, 1.807) is 30.6 Å². The Morgan fingerprint density at radius 1 is 1.23 bits per heavy atom. The van der Waals surface area contributed by atoms with Gasteiger partial charge in [-0.3, -0.25) is 4.98 Å². The number of nitrogens with one attached hydrogen (secondary N) is 1. The molecule has 2 aromatic rings. The summed E-state index contributed by atoms with van der Waals surface area (Å²) in [5.74, 6) is 0. The smallest absolute Gasteiger partial charge is 0.317 e. The normalized spacial score (nSPS) is 13.7. The molecule has 4 nitrogen and oxygen atoms in total. The molecule has 0 saturated heterocycles. The van der Waals surface area contributed by atoms with Crippen molar-refractivity contribution in [1.29, 1.82) is 0 Å². The second-order valence-corrected chi connectivity index (χ2v) is 6.11. The van der Waals surface area contributed by atoms with Crippen LogP contribution < -0.4 is 5.32 Å². The number of carbonyl (C=O) groups is 1. The van der Waals surface area contributed by atoms with Gasteiger partial charge in [0.2, 0.25) is 0 Å². The largest absolute Gasteiger partial charge is 0.322 e. The van der Waals surface area contributed by atoms with Gasteiger partial charge < -0.3 is 10.2 Å². The van der Waals surface area contributed by atoms with E-state index in [4.69, 9.17) is 23.2 Å². The Hall–Kier alpha value is -1.78. The molecule has 0 unspecified atom stereocenters. The lowest BCUT2D eigenvalue weighted by atomic mass is 10.2. The van der Waals surface area contributed by atoms with Gasteiger partial charge in [-0.25, -0.2) is 4.79 Å². The predicted molar refractivity (Wildman–Crippen MR) is 88.3 cm³/mol. The van der Waals surface area contributed by atoms with Gasteiger partial charge >= 0.3 is 6.03 Å². The summed E-state index contributed by atoms with van der Waals surface area (Å²) in [6.07, 6.45) is 5.53. The first kappa shape index (κ1) is 15.1. The van der Waals surface area contributed by atoms with Crippen LogP contribution in [0.2, 0.25) is 10.0 Å². The van der Waals surface area contributed by atoms with Crippen molar-refractivity contribution in [2.24, 2.45) is 0 Å². The van der Waals surface area contributed by atoms with E-state index >= 15 is 0 Å². The molecule has 0 bridgehead atoms. The number of rotatable bonds is 4. The summed E-state index contributed by atoms with van der Waals surface area (Å²) in [4.78, 5) is 18.4. The number of benzene rings is 1. The van der Waals surface area contributed by atoms with Crippen molar-refractivity contribution in [3.05, 3.63) is 58.3 Å². The number of aromatic nitrogens is 1. The van der Waals surface area contributed by atoms with Crippen LogP contribution in [0.5, 0.6) is 0 Å². The van der Waals surface area contributed by atoms with Gasteiger partial charge in [0.25, 0.3) is 0 Å². The molecule has 2 amide bonds. The highest BCUT2D eigenvalue weighted by Gasteiger charge is 2.32. The third-order valence-corrected chi connectivity index (χ3v) is 4.07. The molecule has 1 aromatic heterocycles. The summed E-state index contributed by atoms with van der Waals surface area (Å²) >= 11 is 12.0. The average molecular weight is 336 g/mol. The standard InChI is InChI=1S/C16H15Cl2N3O/c17-12-1-4-15(14(18)9-12)20-16(22)21(13-2-3-13)10-11-5-7-19-8-6-11/h1,4-9,13H,2-3,10H2,(H,20,22). The zero-order valence-electron chi connectivity index (χ0n) is 11.8. The van der Waals surface area contributed by atoms with E-state index in [-0.39, 0.29) is 6.03 Å². The lowest BCUT2D eigenvalue weighted by molar-refractivity contribution is 0.206. The molecule has 114 valence electrons. The molecule has 0 radical (unpaired) electrons. The summed E-state index contributed by atoms with van der Waals surface area (Å²) < 4.78 is 0. The first-order chi connectivity index (χ1) is 10.6. The average Bonchev–Trinajstić information content (AvgIpc) is 3.33. The highest BCUT2D eigenvalue weighted by molar-refractivity contribution is 6.36. The first-order valence-corrected chi connectivity index (χ1v) is 7.80. The Morgan fingerprint density at radius 3 is 2.59 bits per heavy atom. The SMILES string of the molecule is O=C(Nc1ccc(Cl)cc1Cl)N(Cc1ccncc1)C1CC1. The van der Waals surface area contributed by atoms with Crippen LogP contribution in [0.25, 0.3) is 0 Å². The second-order valence-electron chi connectivity index (χ2n) is 5.27. The van der Waals surface area contributed by atoms with Gasteiger partial charge in [0.05, 0.1) is 10.7 Å². The summed E-state index contributed by atoms with van der Waals surface area (Å²) in [5.41, 5.74) is 1.62. The lowest BCUT2D eigenvalue weighted by Crippen LogP contribution is -2.36. The molecule has 1 N–H and O–H groups in total. The van der Waals surface area contributed by atoms with Crippen LogP contribution in [0, 0.1) is 0 Å². The zero-order chi connectivity index (χ0) is 15.5. The van der Waals surface area contributed by atoms with E-state index in [0.29, 0.717) is 28.3 Å². The van der Waals surface area contributed by atoms with E-state index in [9.17, 15) is 4.79 Å². The fourth-order valence-corrected chi connectivity index (χ4v) is 2.67. The molecule has 1 aliphatic carbocycles. The van der Waals surface area contributed by atoms with Crippen molar-refractivity contribution in [3.8, 4) is 0 Å². The zero-order valence-corrected chi connectivity index (χ0v) is 13.3. The predicted octanol–water partition coefficient (Wildman–Crippen LogP) is 4.58. The molecule has 1 heterocycles. The van der Waals surface area contributed by atoms with Crippen LogP contribution >= 0.6 is 23.2 Å². The van der Waals surface area contributed by atoms with Crippen molar-refractivity contribution < 1.29 is 4.79 Å². The Kier molecular flexibility index (Phi) is 4.50. The lowest BCUT2D eigenvalue weighted by Gasteiger charge is -2.23. The fraction of sp³-hybridized carbons (Fsp3) is 0.250. The Morgan fingerprint density at radius 2 is 1.95 bits per heavy atom. The maximum atomic E-state index is 12.5. The Labute approximate surface area is 139 Å². The summed E-state index contributed by atoms with van der Waals surface area (Å²) in [7, 11) is 0. The van der Waals surface area contributed by atoms with Gasteiger partial charge in [-0.05, 0) is 48.7 Å². The van der Waals surface area contributed by atoms with Crippen molar-refractivity contribution in [1.82, 2.24) is 9.88 Å². The maximum Gasteiger partial charge on any atom is 0.322 e. The Balaban J connectivity index is 1.73. The van der Waals surface area contributed by atoms with Crippen LogP contribution in [-0.2, 0) is 6.54 Å². The number of nitrogens with zero attached hydrogens (tertiary/aromatic N) is 2. The third kappa shape index (κ3) is 3.70. The van der Waals surface area contributed by atoms with Crippen molar-refractivity contribution in [3.63, 3.8) is 0 Å². The molecule has 0 aliphatic heterocycles. The van der Waals surface area contributed by atoms with Crippen LogP contribution in [0.1, 0.15) is 18.4 Å². The first-order valence-electron chi connectivity index (χ1n) is 7.05.